The minimum Gasteiger partial charge on any atom is -0.326 e. The maximum absolute atomic E-state index is 12.7. The summed E-state index contributed by atoms with van der Waals surface area (Å²) >= 11 is 2.04. The molecule has 8 heteroatoms. The Morgan fingerprint density at radius 3 is 2.59 bits per heavy atom. The van der Waals surface area contributed by atoms with Crippen LogP contribution in [0.4, 0.5) is 5.69 Å². The second kappa shape index (κ2) is 8.94. The van der Waals surface area contributed by atoms with Crippen LogP contribution in [0.5, 0.6) is 0 Å². The average molecular weight is 412 g/mol. The molecular formula is C19H29N3O3S2. The summed E-state index contributed by atoms with van der Waals surface area (Å²) in [5.41, 5.74) is 1.23. The van der Waals surface area contributed by atoms with E-state index in [0.29, 0.717) is 23.7 Å². The number of nitrogens with zero attached hydrogens (tertiary/aromatic N) is 1. The van der Waals surface area contributed by atoms with Crippen LogP contribution in [0.3, 0.4) is 0 Å². The third-order valence-corrected chi connectivity index (χ3v) is 8.15. The summed E-state index contributed by atoms with van der Waals surface area (Å²) in [4.78, 5) is 14.0. The Morgan fingerprint density at radius 1 is 1.26 bits per heavy atom. The minimum absolute atomic E-state index is 0.175. The van der Waals surface area contributed by atoms with Gasteiger partial charge in [0.15, 0.2) is 0 Å². The number of carbonyl (C=O) groups excluding carboxylic acids is 1. The van der Waals surface area contributed by atoms with Crippen molar-refractivity contribution in [1.82, 2.24) is 9.62 Å². The fourth-order valence-corrected chi connectivity index (χ4v) is 6.47. The quantitative estimate of drug-likeness (QED) is 0.752. The molecule has 0 radical (unpaired) electrons. The van der Waals surface area contributed by atoms with Crippen LogP contribution in [0.15, 0.2) is 23.1 Å². The molecule has 2 saturated heterocycles. The van der Waals surface area contributed by atoms with Crippen molar-refractivity contribution >= 4 is 33.4 Å². The molecule has 2 aliphatic heterocycles. The van der Waals surface area contributed by atoms with Gasteiger partial charge in [-0.05, 0) is 74.7 Å². The van der Waals surface area contributed by atoms with Gasteiger partial charge in [0, 0.05) is 31.0 Å². The van der Waals surface area contributed by atoms with Crippen LogP contribution < -0.4 is 10.0 Å². The van der Waals surface area contributed by atoms with Crippen molar-refractivity contribution in [2.75, 3.05) is 36.5 Å². The van der Waals surface area contributed by atoms with Crippen LogP contribution >= 0.6 is 11.8 Å². The number of likely N-dealkylation sites (tertiary alicyclic amines) is 1. The average Bonchev–Trinajstić information content (AvgIpc) is 3.14. The largest absolute Gasteiger partial charge is 0.326 e. The molecule has 2 fully saturated rings. The van der Waals surface area contributed by atoms with Crippen molar-refractivity contribution < 1.29 is 13.2 Å². The Bertz CT molecular complexity index is 768. The zero-order valence-corrected chi connectivity index (χ0v) is 17.7. The first kappa shape index (κ1) is 20.6. The smallest absolute Gasteiger partial charge is 0.240 e. The number of hydrogen-bond acceptors (Lipinski definition) is 5. The Hall–Kier alpha value is -1.09. The van der Waals surface area contributed by atoms with E-state index in [1.807, 2.05) is 11.8 Å². The first-order chi connectivity index (χ1) is 12.8. The summed E-state index contributed by atoms with van der Waals surface area (Å²) in [6.07, 6.45) is 3.38. The molecule has 1 aromatic rings. The number of benzene rings is 1. The number of sulfonamides is 1. The summed E-state index contributed by atoms with van der Waals surface area (Å²) < 4.78 is 28.2. The molecule has 27 heavy (non-hydrogen) atoms. The van der Waals surface area contributed by atoms with Crippen LogP contribution in [0.25, 0.3) is 0 Å². The zero-order chi connectivity index (χ0) is 19.4. The number of anilines is 1. The number of rotatable bonds is 6. The third kappa shape index (κ3) is 5.47. The summed E-state index contributed by atoms with van der Waals surface area (Å²) in [7, 11) is -3.54. The Morgan fingerprint density at radius 2 is 2.00 bits per heavy atom. The second-order valence-electron chi connectivity index (χ2n) is 7.51. The van der Waals surface area contributed by atoms with E-state index in [0.717, 1.165) is 32.0 Å². The lowest BCUT2D eigenvalue weighted by Crippen LogP contribution is -2.43. The molecule has 2 aliphatic rings. The lowest BCUT2D eigenvalue weighted by atomic mass is 9.96. The molecule has 1 unspecified atom stereocenters. The van der Waals surface area contributed by atoms with Gasteiger partial charge in [0.05, 0.1) is 4.90 Å². The summed E-state index contributed by atoms with van der Waals surface area (Å²) in [5, 5.41) is 2.67. The fraction of sp³-hybridized carbons (Fsp3) is 0.632. The summed E-state index contributed by atoms with van der Waals surface area (Å²) in [6, 6.07) is 5.59. The molecule has 2 heterocycles. The molecule has 3 rings (SSSR count). The topological polar surface area (TPSA) is 78.5 Å². The van der Waals surface area contributed by atoms with E-state index in [1.54, 1.807) is 25.1 Å². The maximum atomic E-state index is 12.7. The first-order valence-electron chi connectivity index (χ1n) is 9.55. The van der Waals surface area contributed by atoms with Crippen LogP contribution in [-0.2, 0) is 14.8 Å². The van der Waals surface area contributed by atoms with Crippen molar-refractivity contribution in [2.24, 2.45) is 5.92 Å². The highest BCUT2D eigenvalue weighted by molar-refractivity contribution is 7.99. The van der Waals surface area contributed by atoms with Crippen LogP contribution in [0.2, 0.25) is 0 Å². The molecule has 150 valence electrons. The van der Waals surface area contributed by atoms with Crippen molar-refractivity contribution in [3.8, 4) is 0 Å². The van der Waals surface area contributed by atoms with Crippen LogP contribution in [0, 0.1) is 12.8 Å². The van der Waals surface area contributed by atoms with Crippen LogP contribution in [-0.4, -0.2) is 56.4 Å². The van der Waals surface area contributed by atoms with E-state index < -0.39 is 10.0 Å². The molecule has 0 aliphatic carbocycles. The number of carbonyl (C=O) groups is 1. The van der Waals surface area contributed by atoms with Gasteiger partial charge in [-0.25, -0.2) is 13.1 Å². The summed E-state index contributed by atoms with van der Waals surface area (Å²) in [6.45, 7) is 5.81. The van der Waals surface area contributed by atoms with Gasteiger partial charge in [0.2, 0.25) is 15.9 Å². The minimum atomic E-state index is -3.54. The van der Waals surface area contributed by atoms with Crippen molar-refractivity contribution in [1.29, 1.82) is 0 Å². The Kier molecular flexibility index (Phi) is 6.83. The highest BCUT2D eigenvalue weighted by atomic mass is 32.2. The van der Waals surface area contributed by atoms with Gasteiger partial charge in [-0.3, -0.25) is 9.69 Å². The van der Waals surface area contributed by atoms with Crippen molar-refractivity contribution in [2.45, 2.75) is 44.0 Å². The molecule has 1 amide bonds. The second-order valence-corrected chi connectivity index (χ2v) is 10.4. The Labute approximate surface area is 166 Å². The molecule has 0 saturated carbocycles. The van der Waals surface area contributed by atoms with E-state index in [1.165, 1.54) is 24.9 Å². The van der Waals surface area contributed by atoms with Crippen molar-refractivity contribution in [3.05, 3.63) is 23.8 Å². The van der Waals surface area contributed by atoms with Gasteiger partial charge in [-0.15, -0.1) is 0 Å². The lowest BCUT2D eigenvalue weighted by molar-refractivity contribution is -0.114. The fourth-order valence-electron chi connectivity index (χ4n) is 3.87. The number of nitrogens with one attached hydrogen (secondary N) is 2. The number of amides is 1. The maximum Gasteiger partial charge on any atom is 0.240 e. The van der Waals surface area contributed by atoms with Crippen LogP contribution in [0.1, 0.15) is 31.7 Å². The van der Waals surface area contributed by atoms with Gasteiger partial charge in [-0.1, -0.05) is 0 Å². The standard InChI is InChI=1S/C19H29N3O3S2/c1-14-11-17(21-15(2)23)3-4-19(14)27(24,25)20-12-16-5-8-22(9-6-16)18-7-10-26-13-18/h3-4,11,16,18,20H,5-10,12-13H2,1-2H3,(H,21,23). The molecular weight excluding hydrogens is 382 g/mol. The molecule has 2 N–H and O–H groups in total. The van der Waals surface area contributed by atoms with E-state index in [9.17, 15) is 13.2 Å². The van der Waals surface area contributed by atoms with E-state index >= 15 is 0 Å². The van der Waals surface area contributed by atoms with Gasteiger partial charge in [0.25, 0.3) is 0 Å². The highest BCUT2D eigenvalue weighted by Gasteiger charge is 2.28. The van der Waals surface area contributed by atoms with E-state index in [4.69, 9.17) is 0 Å². The SMILES string of the molecule is CC(=O)Nc1ccc(S(=O)(=O)NCC2CCN(C3CCSC3)CC2)c(C)c1. The number of hydrogen-bond donors (Lipinski definition) is 2. The highest BCUT2D eigenvalue weighted by Crippen LogP contribution is 2.27. The zero-order valence-electron chi connectivity index (χ0n) is 16.0. The first-order valence-corrected chi connectivity index (χ1v) is 12.2. The van der Waals surface area contributed by atoms with Gasteiger partial charge in [0.1, 0.15) is 0 Å². The number of piperidine rings is 1. The van der Waals surface area contributed by atoms with E-state index in [-0.39, 0.29) is 10.8 Å². The normalized spacial score (nSPS) is 22.1. The number of aryl methyl sites for hydroxylation is 1. The predicted molar refractivity (Wildman–Crippen MR) is 111 cm³/mol. The van der Waals surface area contributed by atoms with Gasteiger partial charge < -0.3 is 5.32 Å². The Balaban J connectivity index is 1.53. The third-order valence-electron chi connectivity index (χ3n) is 5.42. The molecule has 1 aromatic carbocycles. The predicted octanol–water partition coefficient (Wildman–Crippen LogP) is 2.45. The molecule has 1 atom stereocenters. The molecule has 0 bridgehead atoms. The molecule has 0 aromatic heterocycles. The van der Waals surface area contributed by atoms with Gasteiger partial charge in [-0.2, -0.15) is 11.8 Å². The monoisotopic (exact) mass is 411 g/mol. The molecule has 6 nitrogen and oxygen atoms in total. The van der Waals surface area contributed by atoms with Gasteiger partial charge >= 0.3 is 0 Å². The lowest BCUT2D eigenvalue weighted by Gasteiger charge is -2.35. The molecule has 0 spiro atoms. The summed E-state index contributed by atoms with van der Waals surface area (Å²) in [5.74, 6) is 2.73. The van der Waals surface area contributed by atoms with E-state index in [2.05, 4.69) is 14.9 Å². The number of thioether (sulfide) groups is 1. The van der Waals surface area contributed by atoms with Crippen molar-refractivity contribution in [3.63, 3.8) is 0 Å².